The highest BCUT2D eigenvalue weighted by Gasteiger charge is 2.19. The third-order valence-electron chi connectivity index (χ3n) is 5.65. The molecule has 0 fully saturated rings. The molecule has 2 aromatic carbocycles. The van der Waals surface area contributed by atoms with Gasteiger partial charge in [-0.25, -0.2) is 4.99 Å². The fraction of sp³-hybridized carbons (Fsp3) is 0.375. The third kappa shape index (κ3) is 5.23. The lowest BCUT2D eigenvalue weighted by atomic mass is 10.0. The Labute approximate surface area is 183 Å². The Hall–Kier alpha value is -3.35. The second kappa shape index (κ2) is 10.1. The van der Waals surface area contributed by atoms with Crippen LogP contribution in [0, 0.1) is 0 Å². The average Bonchev–Trinajstić information content (AvgIpc) is 3.29. The summed E-state index contributed by atoms with van der Waals surface area (Å²) in [5.74, 6) is 2.81. The van der Waals surface area contributed by atoms with Gasteiger partial charge in [-0.3, -0.25) is 0 Å². The molecule has 0 saturated heterocycles. The van der Waals surface area contributed by atoms with Crippen LogP contribution in [0.5, 0.6) is 5.75 Å². The summed E-state index contributed by atoms with van der Waals surface area (Å²) in [6.07, 6.45) is 3.71. The molecule has 1 aliphatic heterocycles. The Morgan fingerprint density at radius 2 is 1.94 bits per heavy atom. The molecule has 0 radical (unpaired) electrons. The fourth-order valence-electron chi connectivity index (χ4n) is 3.87. The summed E-state index contributed by atoms with van der Waals surface area (Å²) < 4.78 is 7.36. The van der Waals surface area contributed by atoms with Gasteiger partial charge >= 0.3 is 0 Å². The van der Waals surface area contributed by atoms with Gasteiger partial charge in [0.1, 0.15) is 17.9 Å². The first kappa shape index (κ1) is 20.9. The Morgan fingerprint density at radius 1 is 1.13 bits per heavy atom. The monoisotopic (exact) mass is 418 g/mol. The molecule has 7 nitrogen and oxygen atoms in total. The summed E-state index contributed by atoms with van der Waals surface area (Å²) in [6.45, 7) is 6.13. The van der Waals surface area contributed by atoms with Gasteiger partial charge in [0, 0.05) is 32.6 Å². The van der Waals surface area contributed by atoms with Gasteiger partial charge in [0.25, 0.3) is 0 Å². The minimum Gasteiger partial charge on any atom is -0.497 e. The van der Waals surface area contributed by atoms with Crippen LogP contribution < -0.4 is 10.1 Å². The lowest BCUT2D eigenvalue weighted by molar-refractivity contribution is 0.376. The predicted octanol–water partition coefficient (Wildman–Crippen LogP) is 3.05. The van der Waals surface area contributed by atoms with Gasteiger partial charge in [-0.2, -0.15) is 0 Å². The van der Waals surface area contributed by atoms with E-state index in [4.69, 9.17) is 9.73 Å². The van der Waals surface area contributed by atoms with Crippen molar-refractivity contribution in [2.45, 2.75) is 39.4 Å². The van der Waals surface area contributed by atoms with Crippen molar-refractivity contribution in [2.24, 2.45) is 4.99 Å². The number of nitrogens with one attached hydrogen (secondary N) is 1. The zero-order valence-corrected chi connectivity index (χ0v) is 18.3. The van der Waals surface area contributed by atoms with E-state index in [2.05, 4.69) is 68.3 Å². The van der Waals surface area contributed by atoms with Crippen LogP contribution in [0.25, 0.3) is 0 Å². The van der Waals surface area contributed by atoms with Gasteiger partial charge in [0.05, 0.1) is 13.7 Å². The topological polar surface area (TPSA) is 67.6 Å². The van der Waals surface area contributed by atoms with Crippen molar-refractivity contribution >= 4 is 5.96 Å². The fourth-order valence-corrected chi connectivity index (χ4v) is 3.87. The second-order valence-electron chi connectivity index (χ2n) is 7.65. The van der Waals surface area contributed by atoms with Gasteiger partial charge in [-0.05, 0) is 35.2 Å². The number of rotatable bonds is 7. The molecule has 1 aromatic heterocycles. The summed E-state index contributed by atoms with van der Waals surface area (Å²) in [5, 5.41) is 11.8. The van der Waals surface area contributed by atoms with Gasteiger partial charge in [-0.15, -0.1) is 10.2 Å². The van der Waals surface area contributed by atoms with Gasteiger partial charge in [0.15, 0.2) is 5.96 Å². The van der Waals surface area contributed by atoms with Crippen LogP contribution in [0.15, 0.2) is 59.9 Å². The number of benzene rings is 2. The molecule has 0 atom stereocenters. The predicted molar refractivity (Wildman–Crippen MR) is 122 cm³/mol. The van der Waals surface area contributed by atoms with Gasteiger partial charge in [-0.1, -0.05) is 43.3 Å². The zero-order chi connectivity index (χ0) is 21.5. The van der Waals surface area contributed by atoms with Crippen LogP contribution in [0.2, 0.25) is 0 Å². The van der Waals surface area contributed by atoms with E-state index in [1.54, 1.807) is 13.4 Å². The number of hydrogen-bond acceptors (Lipinski definition) is 4. The van der Waals surface area contributed by atoms with Crippen molar-refractivity contribution in [1.82, 2.24) is 25.0 Å². The number of fused-ring (bicyclic) bond motifs is 1. The van der Waals surface area contributed by atoms with Gasteiger partial charge < -0.3 is 19.5 Å². The normalized spacial score (nSPS) is 13.7. The van der Waals surface area contributed by atoms with Crippen molar-refractivity contribution in [3.63, 3.8) is 0 Å². The van der Waals surface area contributed by atoms with Crippen molar-refractivity contribution in [3.8, 4) is 5.75 Å². The molecular formula is C24H30N6O. The molecule has 0 unspecified atom stereocenters. The lowest BCUT2D eigenvalue weighted by Crippen LogP contribution is -2.45. The number of aromatic nitrogens is 3. The highest BCUT2D eigenvalue weighted by molar-refractivity contribution is 5.80. The molecule has 0 saturated carbocycles. The van der Waals surface area contributed by atoms with Gasteiger partial charge in [0.2, 0.25) is 0 Å². The first-order valence-corrected chi connectivity index (χ1v) is 10.9. The number of aliphatic imine (C=N–C) groups is 1. The van der Waals surface area contributed by atoms with E-state index in [1.165, 1.54) is 11.1 Å². The second-order valence-corrected chi connectivity index (χ2v) is 7.65. The Balaban J connectivity index is 1.47. The number of guanidine groups is 1. The van der Waals surface area contributed by atoms with Crippen LogP contribution in [-0.4, -0.2) is 45.8 Å². The van der Waals surface area contributed by atoms with Crippen LogP contribution in [0.3, 0.4) is 0 Å². The van der Waals surface area contributed by atoms with E-state index in [1.807, 2.05) is 12.1 Å². The smallest absolute Gasteiger partial charge is 0.194 e. The van der Waals surface area contributed by atoms with E-state index < -0.39 is 0 Å². The van der Waals surface area contributed by atoms with Crippen molar-refractivity contribution in [3.05, 3.63) is 77.4 Å². The number of nitrogens with zero attached hydrogens (tertiary/aromatic N) is 5. The lowest BCUT2D eigenvalue weighted by Gasteiger charge is -2.32. The first-order chi connectivity index (χ1) is 15.3. The molecule has 0 amide bonds. The molecule has 0 bridgehead atoms. The van der Waals surface area contributed by atoms with Crippen LogP contribution in [0.1, 0.15) is 29.4 Å². The van der Waals surface area contributed by atoms with E-state index in [0.717, 1.165) is 62.1 Å². The first-order valence-electron chi connectivity index (χ1n) is 10.9. The van der Waals surface area contributed by atoms with E-state index >= 15 is 0 Å². The summed E-state index contributed by atoms with van der Waals surface area (Å²) in [6, 6.07) is 16.8. The molecular weight excluding hydrogens is 388 g/mol. The molecule has 3 aromatic rings. The molecule has 2 heterocycles. The summed E-state index contributed by atoms with van der Waals surface area (Å²) in [4.78, 5) is 7.30. The average molecular weight is 419 g/mol. The minimum absolute atomic E-state index is 0.622. The standard InChI is InChI=1S/C24H30N6O/c1-3-23-28-27-18-30(23)15-13-25-24(26-16-19-8-10-22(31-2)11-9-19)29-14-12-20-6-4-5-7-21(20)17-29/h4-11,18H,3,12-17H2,1-2H3,(H,25,26). The SMILES string of the molecule is CCc1nncn1CCNC(=NCc1ccc(OC)cc1)N1CCc2ccccc2C1. The quantitative estimate of drug-likeness (QED) is 0.472. The van der Waals surface area contributed by atoms with Crippen LogP contribution in [-0.2, 0) is 32.5 Å². The number of ether oxygens (including phenoxy) is 1. The molecule has 31 heavy (non-hydrogen) atoms. The van der Waals surface area contributed by atoms with E-state index in [0.29, 0.717) is 6.54 Å². The summed E-state index contributed by atoms with van der Waals surface area (Å²) in [7, 11) is 1.68. The van der Waals surface area contributed by atoms with E-state index in [-0.39, 0.29) is 0 Å². The highest BCUT2D eigenvalue weighted by atomic mass is 16.5. The molecule has 1 aliphatic rings. The Morgan fingerprint density at radius 3 is 2.71 bits per heavy atom. The molecule has 0 spiro atoms. The van der Waals surface area contributed by atoms with Crippen molar-refractivity contribution in [2.75, 3.05) is 20.2 Å². The Bertz CT molecular complexity index is 1010. The molecule has 0 aliphatic carbocycles. The third-order valence-corrected chi connectivity index (χ3v) is 5.65. The maximum atomic E-state index is 5.26. The molecule has 162 valence electrons. The maximum Gasteiger partial charge on any atom is 0.194 e. The van der Waals surface area contributed by atoms with Crippen molar-refractivity contribution < 1.29 is 4.74 Å². The number of hydrogen-bond donors (Lipinski definition) is 1. The largest absolute Gasteiger partial charge is 0.497 e. The number of methoxy groups -OCH3 is 1. The maximum absolute atomic E-state index is 5.26. The summed E-state index contributed by atoms with van der Waals surface area (Å²) in [5.41, 5.74) is 3.97. The molecule has 1 N–H and O–H groups in total. The zero-order valence-electron chi connectivity index (χ0n) is 18.3. The van der Waals surface area contributed by atoms with Crippen LogP contribution >= 0.6 is 0 Å². The number of aryl methyl sites for hydroxylation is 1. The Kier molecular flexibility index (Phi) is 6.82. The molecule has 4 rings (SSSR count). The minimum atomic E-state index is 0.622. The van der Waals surface area contributed by atoms with Crippen molar-refractivity contribution in [1.29, 1.82) is 0 Å². The van der Waals surface area contributed by atoms with Crippen LogP contribution in [0.4, 0.5) is 0 Å². The highest BCUT2D eigenvalue weighted by Crippen LogP contribution is 2.19. The van der Waals surface area contributed by atoms with E-state index in [9.17, 15) is 0 Å². The molecule has 7 heteroatoms. The summed E-state index contributed by atoms with van der Waals surface area (Å²) >= 11 is 0.